The van der Waals surface area contributed by atoms with E-state index < -0.39 is 5.97 Å². The molecule has 4 rings (SSSR count). The molecule has 142 valence electrons. The van der Waals surface area contributed by atoms with Gasteiger partial charge in [0.05, 0.1) is 0 Å². The average molecular weight is 369 g/mol. The highest BCUT2D eigenvalue weighted by Gasteiger charge is 2.35. The van der Waals surface area contributed by atoms with Gasteiger partial charge in [-0.3, -0.25) is 4.79 Å². The molecule has 1 saturated carbocycles. The standard InChI is InChI=1S/C20H23N3O4/c24-19(15-6-7-15)23-10-8-13(9-11-23)12-21-18-16(20(25)26)17(27-22-18)14-4-2-1-3-5-14/h1-5,13,15H,6-12H2,(H,21,22)(H,25,26). The Morgan fingerprint density at radius 2 is 1.85 bits per heavy atom. The van der Waals surface area contributed by atoms with Crippen LogP contribution in [-0.4, -0.2) is 46.7 Å². The van der Waals surface area contributed by atoms with Crippen molar-refractivity contribution in [3.05, 3.63) is 35.9 Å². The Morgan fingerprint density at radius 3 is 2.48 bits per heavy atom. The molecule has 2 aliphatic rings. The van der Waals surface area contributed by atoms with E-state index >= 15 is 0 Å². The fourth-order valence-electron chi connectivity index (χ4n) is 3.58. The Morgan fingerprint density at radius 1 is 1.15 bits per heavy atom. The maximum absolute atomic E-state index is 12.1. The molecular weight excluding hydrogens is 346 g/mol. The Hall–Kier alpha value is -2.83. The summed E-state index contributed by atoms with van der Waals surface area (Å²) in [5.74, 6) is 0.408. The first kappa shape index (κ1) is 17.6. The summed E-state index contributed by atoms with van der Waals surface area (Å²) in [6.07, 6.45) is 3.90. The van der Waals surface area contributed by atoms with Crippen molar-refractivity contribution >= 4 is 17.7 Å². The molecule has 0 radical (unpaired) electrons. The van der Waals surface area contributed by atoms with Gasteiger partial charge in [-0.1, -0.05) is 35.5 Å². The summed E-state index contributed by atoms with van der Waals surface area (Å²) in [4.78, 5) is 25.8. The van der Waals surface area contributed by atoms with Gasteiger partial charge in [0.25, 0.3) is 0 Å². The molecule has 1 aliphatic carbocycles. The minimum Gasteiger partial charge on any atom is -0.477 e. The quantitative estimate of drug-likeness (QED) is 0.812. The van der Waals surface area contributed by atoms with E-state index in [2.05, 4.69) is 10.5 Å². The van der Waals surface area contributed by atoms with Crippen LogP contribution in [0.1, 0.15) is 36.0 Å². The fourth-order valence-corrected chi connectivity index (χ4v) is 3.58. The number of benzene rings is 1. The van der Waals surface area contributed by atoms with Crippen LogP contribution in [0.25, 0.3) is 11.3 Å². The van der Waals surface area contributed by atoms with Crippen LogP contribution in [-0.2, 0) is 4.79 Å². The molecule has 2 aromatic rings. The molecule has 1 aromatic carbocycles. The Bertz CT molecular complexity index is 821. The molecule has 1 aliphatic heterocycles. The highest BCUT2D eigenvalue weighted by Crippen LogP contribution is 2.33. The van der Waals surface area contributed by atoms with Crippen LogP contribution in [0, 0.1) is 11.8 Å². The number of carbonyl (C=O) groups excluding carboxylic acids is 1. The summed E-state index contributed by atoms with van der Waals surface area (Å²) in [5, 5.41) is 16.7. The van der Waals surface area contributed by atoms with E-state index in [9.17, 15) is 14.7 Å². The lowest BCUT2D eigenvalue weighted by molar-refractivity contribution is -0.133. The third-order valence-corrected chi connectivity index (χ3v) is 5.35. The molecular formula is C20H23N3O4. The van der Waals surface area contributed by atoms with Gasteiger partial charge in [0, 0.05) is 31.1 Å². The number of carbonyl (C=O) groups is 2. The summed E-state index contributed by atoms with van der Waals surface area (Å²) in [6.45, 7) is 2.18. The molecule has 0 unspecified atom stereocenters. The largest absolute Gasteiger partial charge is 0.477 e. The molecule has 2 fully saturated rings. The molecule has 7 nitrogen and oxygen atoms in total. The second kappa shape index (κ2) is 7.42. The van der Waals surface area contributed by atoms with E-state index in [0.29, 0.717) is 23.9 Å². The van der Waals surface area contributed by atoms with Crippen molar-refractivity contribution < 1.29 is 19.2 Å². The normalized spacial score (nSPS) is 17.7. The lowest BCUT2D eigenvalue weighted by Gasteiger charge is -2.32. The number of hydrogen-bond acceptors (Lipinski definition) is 5. The maximum Gasteiger partial charge on any atom is 0.343 e. The van der Waals surface area contributed by atoms with Crippen molar-refractivity contribution in [3.8, 4) is 11.3 Å². The Kier molecular flexibility index (Phi) is 4.83. The maximum atomic E-state index is 12.1. The van der Waals surface area contributed by atoms with Crippen molar-refractivity contribution in [2.24, 2.45) is 11.8 Å². The first-order valence-electron chi connectivity index (χ1n) is 9.44. The zero-order chi connectivity index (χ0) is 18.8. The highest BCUT2D eigenvalue weighted by atomic mass is 16.5. The molecule has 1 amide bonds. The van der Waals surface area contributed by atoms with E-state index in [0.717, 1.165) is 38.8 Å². The first-order valence-corrected chi connectivity index (χ1v) is 9.44. The van der Waals surface area contributed by atoms with E-state index in [4.69, 9.17) is 4.52 Å². The summed E-state index contributed by atoms with van der Waals surface area (Å²) >= 11 is 0. The van der Waals surface area contributed by atoms with Gasteiger partial charge in [0.15, 0.2) is 17.1 Å². The highest BCUT2D eigenvalue weighted by molar-refractivity contribution is 5.99. The van der Waals surface area contributed by atoms with Crippen LogP contribution >= 0.6 is 0 Å². The zero-order valence-corrected chi connectivity index (χ0v) is 15.1. The van der Waals surface area contributed by atoms with Crippen LogP contribution in [0.5, 0.6) is 0 Å². The van der Waals surface area contributed by atoms with Crippen molar-refractivity contribution in [3.63, 3.8) is 0 Å². The Labute approximate surface area is 157 Å². The number of aromatic carboxylic acids is 1. The topological polar surface area (TPSA) is 95.7 Å². The molecule has 2 N–H and O–H groups in total. The summed E-state index contributed by atoms with van der Waals surface area (Å²) in [6, 6.07) is 9.10. The van der Waals surface area contributed by atoms with E-state index in [1.165, 1.54) is 0 Å². The second-order valence-corrected chi connectivity index (χ2v) is 7.33. The summed E-state index contributed by atoms with van der Waals surface area (Å²) < 4.78 is 5.32. The van der Waals surface area contributed by atoms with E-state index in [1.807, 2.05) is 23.1 Å². The molecule has 7 heteroatoms. The molecule has 27 heavy (non-hydrogen) atoms. The zero-order valence-electron chi connectivity index (χ0n) is 15.1. The third kappa shape index (κ3) is 3.82. The van der Waals surface area contributed by atoms with Gasteiger partial charge >= 0.3 is 5.97 Å². The minimum absolute atomic E-state index is 0.0579. The van der Waals surface area contributed by atoms with Gasteiger partial charge in [0.2, 0.25) is 5.91 Å². The number of rotatable bonds is 6. The predicted molar refractivity (Wildman–Crippen MR) is 99.4 cm³/mol. The van der Waals surface area contributed by atoms with Crippen molar-refractivity contribution in [1.82, 2.24) is 10.1 Å². The third-order valence-electron chi connectivity index (χ3n) is 5.35. The lowest BCUT2D eigenvalue weighted by Crippen LogP contribution is -2.40. The van der Waals surface area contributed by atoms with Crippen LogP contribution in [0.4, 0.5) is 5.82 Å². The molecule has 0 spiro atoms. The number of anilines is 1. The number of piperidine rings is 1. The van der Waals surface area contributed by atoms with Gasteiger partial charge in [-0.2, -0.15) is 0 Å². The van der Waals surface area contributed by atoms with Crippen LogP contribution < -0.4 is 5.32 Å². The van der Waals surface area contributed by atoms with E-state index in [-0.39, 0.29) is 23.1 Å². The minimum atomic E-state index is -1.07. The van der Waals surface area contributed by atoms with Gasteiger partial charge in [-0.25, -0.2) is 4.79 Å². The predicted octanol–water partition coefficient (Wildman–Crippen LogP) is 3.10. The summed E-state index contributed by atoms with van der Waals surface area (Å²) in [7, 11) is 0. The van der Waals surface area contributed by atoms with Gasteiger partial charge in [-0.05, 0) is 31.6 Å². The average Bonchev–Trinajstić information content (AvgIpc) is 3.45. The smallest absolute Gasteiger partial charge is 0.343 e. The van der Waals surface area contributed by atoms with E-state index in [1.54, 1.807) is 12.1 Å². The number of aromatic nitrogens is 1. The number of nitrogens with one attached hydrogen (secondary N) is 1. The number of likely N-dealkylation sites (tertiary alicyclic amines) is 1. The van der Waals surface area contributed by atoms with Gasteiger partial charge in [0.1, 0.15) is 0 Å². The van der Waals surface area contributed by atoms with Crippen LogP contribution in [0.3, 0.4) is 0 Å². The molecule has 1 saturated heterocycles. The van der Waals surface area contributed by atoms with Crippen molar-refractivity contribution in [1.29, 1.82) is 0 Å². The number of nitrogens with zero attached hydrogens (tertiary/aromatic N) is 2. The lowest BCUT2D eigenvalue weighted by atomic mass is 9.96. The summed E-state index contributed by atoms with van der Waals surface area (Å²) in [5.41, 5.74) is 0.741. The number of amides is 1. The number of carboxylic acid groups (broad SMARTS) is 1. The number of carboxylic acids is 1. The van der Waals surface area contributed by atoms with Gasteiger partial charge in [-0.15, -0.1) is 0 Å². The molecule has 1 aromatic heterocycles. The first-order chi connectivity index (χ1) is 13.1. The number of hydrogen-bond donors (Lipinski definition) is 2. The second-order valence-electron chi connectivity index (χ2n) is 7.33. The van der Waals surface area contributed by atoms with Gasteiger partial charge < -0.3 is 19.8 Å². The molecule has 2 heterocycles. The van der Waals surface area contributed by atoms with Crippen molar-refractivity contribution in [2.75, 3.05) is 25.0 Å². The van der Waals surface area contributed by atoms with Crippen LogP contribution in [0.15, 0.2) is 34.9 Å². The molecule has 0 atom stereocenters. The fraction of sp³-hybridized carbons (Fsp3) is 0.450. The van der Waals surface area contributed by atoms with Crippen LogP contribution in [0.2, 0.25) is 0 Å². The Balaban J connectivity index is 1.38. The van der Waals surface area contributed by atoms with Crippen molar-refractivity contribution in [2.45, 2.75) is 25.7 Å². The monoisotopic (exact) mass is 369 g/mol. The SMILES string of the molecule is O=C(O)c1c(NCC2CCN(C(=O)C3CC3)CC2)noc1-c1ccccc1. The molecule has 0 bridgehead atoms.